The Balaban J connectivity index is 2.42. The van der Waals surface area contributed by atoms with Gasteiger partial charge in [0.25, 0.3) is 0 Å². The summed E-state index contributed by atoms with van der Waals surface area (Å²) in [5, 5.41) is 5.15. The van der Waals surface area contributed by atoms with Gasteiger partial charge in [0.15, 0.2) is 5.65 Å². The highest BCUT2D eigenvalue weighted by molar-refractivity contribution is 6.07. The van der Waals surface area contributed by atoms with Gasteiger partial charge in [-0.1, -0.05) is 0 Å². The van der Waals surface area contributed by atoms with Gasteiger partial charge in [0.2, 0.25) is 10.9 Å². The molecule has 4 aromatic rings. The molecule has 2 aromatic heterocycles. The number of rotatable bonds is 0. The number of fused-ring (bicyclic) bond motifs is 4. The van der Waals surface area contributed by atoms with E-state index >= 15 is 0 Å². The van der Waals surface area contributed by atoms with Gasteiger partial charge in [-0.25, -0.2) is 9.50 Å². The van der Waals surface area contributed by atoms with Crippen LogP contribution in [-0.4, -0.2) is 14.6 Å². The molecule has 0 unspecified atom stereocenters. The van der Waals surface area contributed by atoms with Crippen LogP contribution in [0, 0.1) is 0 Å². The van der Waals surface area contributed by atoms with Gasteiger partial charge in [-0.15, -0.1) is 0 Å². The first-order chi connectivity index (χ1) is 6.27. The molecule has 0 radical (unpaired) electrons. The predicted octanol–water partition coefficient (Wildman–Crippen LogP) is -0.493. The average Bonchev–Trinajstić information content (AvgIpc) is 2.89. The number of hydrogen-bond donors (Lipinski definition) is 0. The lowest BCUT2D eigenvalue weighted by Crippen LogP contribution is -1.91. The monoisotopic (exact) mass is 171 g/mol. The highest BCUT2D eigenvalue weighted by atomic mass is 16.1. The Hall–Kier alpha value is -2.04. The van der Waals surface area contributed by atoms with E-state index in [1.54, 1.807) is 6.20 Å². The normalized spacial score (nSPS) is 13.2. The van der Waals surface area contributed by atoms with E-state index < -0.39 is 0 Å². The summed E-state index contributed by atoms with van der Waals surface area (Å²) in [5.41, 5.74) is 1.41. The molecule has 13 heavy (non-hydrogen) atoms. The van der Waals surface area contributed by atoms with Crippen molar-refractivity contribution in [3.05, 3.63) is 26.6 Å². The van der Waals surface area contributed by atoms with Crippen molar-refractivity contribution in [2.75, 3.05) is 0 Å². The number of nitrogens with zero attached hydrogens (tertiary/aromatic N) is 3. The molecule has 60 valence electrons. The van der Waals surface area contributed by atoms with Gasteiger partial charge < -0.3 is 0 Å². The van der Waals surface area contributed by atoms with Gasteiger partial charge in [0, 0.05) is 6.20 Å². The molecule has 0 fully saturated rings. The SMILES string of the molecule is O=c1c2cn3nc4c(=O)c4c3nc12. The molecule has 0 bridgehead atoms. The molecule has 4 rings (SSSR count). The van der Waals surface area contributed by atoms with Crippen LogP contribution in [0.2, 0.25) is 0 Å². The minimum absolute atomic E-state index is 0.0349. The Morgan fingerprint density at radius 3 is 2.85 bits per heavy atom. The molecule has 0 amide bonds. The minimum atomic E-state index is -0.0412. The third kappa shape index (κ3) is 0.438. The van der Waals surface area contributed by atoms with Crippen molar-refractivity contribution in [1.82, 2.24) is 14.6 Å². The van der Waals surface area contributed by atoms with E-state index in [1.165, 1.54) is 4.52 Å². The molecule has 0 saturated carbocycles. The summed E-state index contributed by atoms with van der Waals surface area (Å²) in [7, 11) is 0. The van der Waals surface area contributed by atoms with E-state index in [1.807, 2.05) is 0 Å². The Labute approximate surface area is 69.6 Å². The van der Waals surface area contributed by atoms with Crippen LogP contribution >= 0.6 is 0 Å². The maximum absolute atomic E-state index is 11.0. The average molecular weight is 171 g/mol. The van der Waals surface area contributed by atoms with Crippen LogP contribution in [0.1, 0.15) is 0 Å². The van der Waals surface area contributed by atoms with Crippen LogP contribution in [0.15, 0.2) is 15.8 Å². The zero-order chi connectivity index (χ0) is 8.74. The predicted molar refractivity (Wildman–Crippen MR) is 45.3 cm³/mol. The smallest absolute Gasteiger partial charge is 0.220 e. The molecule has 0 spiro atoms. The van der Waals surface area contributed by atoms with Crippen LogP contribution in [0.3, 0.4) is 0 Å². The van der Waals surface area contributed by atoms with Crippen LogP contribution < -0.4 is 10.9 Å². The lowest BCUT2D eigenvalue weighted by atomic mass is 10.6. The van der Waals surface area contributed by atoms with Crippen molar-refractivity contribution < 1.29 is 0 Å². The maximum Gasteiger partial charge on any atom is 0.220 e. The third-order valence-electron chi connectivity index (χ3n) is 2.39. The Morgan fingerprint density at radius 1 is 1.15 bits per heavy atom. The first-order valence-electron chi connectivity index (χ1n) is 3.80. The van der Waals surface area contributed by atoms with Crippen LogP contribution in [0.5, 0.6) is 0 Å². The zero-order valence-corrected chi connectivity index (χ0v) is 6.24. The molecule has 0 atom stereocenters. The van der Waals surface area contributed by atoms with Crippen LogP contribution in [-0.2, 0) is 0 Å². The van der Waals surface area contributed by atoms with Crippen LogP contribution in [0.25, 0.3) is 27.5 Å². The molecular weight excluding hydrogens is 170 g/mol. The molecule has 2 aromatic carbocycles. The van der Waals surface area contributed by atoms with Crippen molar-refractivity contribution in [2.45, 2.75) is 0 Å². The zero-order valence-electron chi connectivity index (χ0n) is 6.24. The van der Waals surface area contributed by atoms with Crippen molar-refractivity contribution >= 4 is 27.5 Å². The second-order valence-electron chi connectivity index (χ2n) is 3.15. The summed E-state index contributed by atoms with van der Waals surface area (Å²) in [6, 6.07) is 0. The summed E-state index contributed by atoms with van der Waals surface area (Å²) < 4.78 is 1.50. The third-order valence-corrected chi connectivity index (χ3v) is 2.39. The molecule has 0 saturated heterocycles. The second kappa shape index (κ2) is 1.28. The first kappa shape index (κ1) is 5.58. The van der Waals surface area contributed by atoms with E-state index in [9.17, 15) is 9.59 Å². The molecule has 0 aliphatic rings. The fourth-order valence-corrected chi connectivity index (χ4v) is 1.56. The van der Waals surface area contributed by atoms with E-state index in [-0.39, 0.29) is 10.9 Å². The Kier molecular flexibility index (Phi) is 0.551. The van der Waals surface area contributed by atoms with E-state index in [0.717, 1.165) is 0 Å². The summed E-state index contributed by atoms with van der Waals surface area (Å²) >= 11 is 0. The number of hydrogen-bond acceptors (Lipinski definition) is 4. The topological polar surface area (TPSA) is 64.3 Å². The summed E-state index contributed by atoms with van der Waals surface area (Å²) in [5.74, 6) is 0. The van der Waals surface area contributed by atoms with Gasteiger partial charge >= 0.3 is 0 Å². The quantitative estimate of drug-likeness (QED) is 0.358. The lowest BCUT2D eigenvalue weighted by Gasteiger charge is -1.85. The van der Waals surface area contributed by atoms with Gasteiger partial charge in [0.05, 0.1) is 5.39 Å². The fraction of sp³-hybridized carbons (Fsp3) is 0. The highest BCUT2D eigenvalue weighted by Gasteiger charge is 2.25. The standard InChI is InChI=1S/C8HN3O2/c12-6-2-1-11-8(9-4(2)6)3-5(10-11)7(3)13/h1H. The van der Waals surface area contributed by atoms with Crippen molar-refractivity contribution in [2.24, 2.45) is 0 Å². The van der Waals surface area contributed by atoms with Gasteiger partial charge in [-0.3, -0.25) is 9.59 Å². The van der Waals surface area contributed by atoms with Crippen LogP contribution in [0.4, 0.5) is 0 Å². The minimum Gasteiger partial charge on any atom is -0.287 e. The van der Waals surface area contributed by atoms with Crippen molar-refractivity contribution in [1.29, 1.82) is 0 Å². The van der Waals surface area contributed by atoms with Gasteiger partial charge in [-0.2, -0.15) is 5.10 Å². The molecule has 0 N–H and O–H groups in total. The molecule has 2 heterocycles. The second-order valence-corrected chi connectivity index (χ2v) is 3.15. The fourth-order valence-electron chi connectivity index (χ4n) is 1.56. The van der Waals surface area contributed by atoms with Crippen molar-refractivity contribution in [3.63, 3.8) is 0 Å². The molecule has 0 aliphatic heterocycles. The maximum atomic E-state index is 11.0. The highest BCUT2D eigenvalue weighted by Crippen LogP contribution is 2.21. The molecule has 5 nitrogen and oxygen atoms in total. The molecule has 5 heteroatoms. The Bertz CT molecular complexity index is 810. The Morgan fingerprint density at radius 2 is 2.00 bits per heavy atom. The molecule has 0 aliphatic carbocycles. The van der Waals surface area contributed by atoms with Gasteiger partial charge in [-0.05, 0) is 0 Å². The largest absolute Gasteiger partial charge is 0.287 e. The molecular formula is C8HN3O2. The van der Waals surface area contributed by atoms with E-state index in [2.05, 4.69) is 10.1 Å². The van der Waals surface area contributed by atoms with Crippen molar-refractivity contribution in [3.8, 4) is 0 Å². The summed E-state index contributed by atoms with van der Waals surface area (Å²) in [6.45, 7) is 0. The number of aromatic nitrogens is 3. The lowest BCUT2D eigenvalue weighted by molar-refractivity contribution is 0.973. The van der Waals surface area contributed by atoms with Gasteiger partial charge in [0.1, 0.15) is 16.4 Å². The summed E-state index contributed by atoms with van der Waals surface area (Å²) in [6.07, 6.45) is 1.62. The summed E-state index contributed by atoms with van der Waals surface area (Å²) in [4.78, 5) is 26.0. The van der Waals surface area contributed by atoms with E-state index in [0.29, 0.717) is 27.5 Å². The van der Waals surface area contributed by atoms with E-state index in [4.69, 9.17) is 0 Å². The first-order valence-corrected chi connectivity index (χ1v) is 3.80.